The van der Waals surface area contributed by atoms with Crippen LogP contribution in [0, 0.1) is 13.8 Å². The van der Waals surface area contributed by atoms with Gasteiger partial charge in [0.1, 0.15) is 11.3 Å². The van der Waals surface area contributed by atoms with Gasteiger partial charge in [0.05, 0.1) is 0 Å². The Kier molecular flexibility index (Phi) is 3.73. The molecule has 0 aliphatic rings. The van der Waals surface area contributed by atoms with Crippen LogP contribution >= 0.6 is 15.9 Å². The Morgan fingerprint density at radius 1 is 1.35 bits per heavy atom. The first-order valence-electron chi connectivity index (χ1n) is 6.21. The lowest BCUT2D eigenvalue weighted by molar-refractivity contribution is -0.152. The molecule has 0 aliphatic carbocycles. The number of carbonyl (C=O) groups is 1. The van der Waals surface area contributed by atoms with E-state index in [1.54, 1.807) is 6.07 Å². The average Bonchev–Trinajstić information content (AvgIpc) is 2.31. The minimum Gasteiger partial charge on any atom is -0.478 e. The van der Waals surface area contributed by atoms with Crippen LogP contribution in [-0.4, -0.2) is 21.7 Å². The smallest absolute Gasteiger partial charge is 0.347 e. The Hall–Kier alpha value is -1.62. The fourth-order valence-electron chi connectivity index (χ4n) is 2.03. The molecule has 1 N–H and O–H groups in total. The third-order valence-electron chi connectivity index (χ3n) is 3.08. The molecule has 0 amide bonds. The maximum atomic E-state index is 11.2. The predicted molar refractivity (Wildman–Crippen MR) is 81.3 cm³/mol. The van der Waals surface area contributed by atoms with Crippen LogP contribution in [0.3, 0.4) is 0 Å². The lowest BCUT2D eigenvalue weighted by Gasteiger charge is -2.22. The maximum Gasteiger partial charge on any atom is 0.347 e. The third kappa shape index (κ3) is 2.63. The zero-order chi connectivity index (χ0) is 15.1. The van der Waals surface area contributed by atoms with E-state index in [-0.39, 0.29) is 0 Å². The van der Waals surface area contributed by atoms with Gasteiger partial charge >= 0.3 is 5.97 Å². The van der Waals surface area contributed by atoms with Crippen molar-refractivity contribution in [2.75, 3.05) is 0 Å². The number of hydrogen-bond donors (Lipinski definition) is 1. The number of pyridine rings is 1. The van der Waals surface area contributed by atoms with Gasteiger partial charge in [0.15, 0.2) is 5.60 Å². The lowest BCUT2D eigenvalue weighted by Crippen LogP contribution is -2.38. The topological polar surface area (TPSA) is 59.4 Å². The van der Waals surface area contributed by atoms with E-state index in [1.807, 2.05) is 26.0 Å². The molecule has 1 heterocycles. The van der Waals surface area contributed by atoms with Crippen LogP contribution in [0.25, 0.3) is 10.9 Å². The molecule has 5 heteroatoms. The summed E-state index contributed by atoms with van der Waals surface area (Å²) in [6.07, 6.45) is 0. The van der Waals surface area contributed by atoms with Crippen LogP contribution < -0.4 is 4.74 Å². The summed E-state index contributed by atoms with van der Waals surface area (Å²) in [6, 6.07) is 5.57. The highest BCUT2D eigenvalue weighted by atomic mass is 79.9. The van der Waals surface area contributed by atoms with Crippen LogP contribution in [0.4, 0.5) is 0 Å². The van der Waals surface area contributed by atoms with Crippen LogP contribution in [-0.2, 0) is 4.79 Å². The van der Waals surface area contributed by atoms with Gasteiger partial charge in [0.25, 0.3) is 0 Å². The van der Waals surface area contributed by atoms with Crippen molar-refractivity contribution in [2.45, 2.75) is 33.3 Å². The predicted octanol–water partition coefficient (Wildman–Crippen LogP) is 3.86. The number of carboxylic acids is 1. The number of carboxylic acid groups (broad SMARTS) is 1. The van der Waals surface area contributed by atoms with Crippen LogP contribution in [0.5, 0.6) is 5.75 Å². The molecule has 0 spiro atoms. The number of ether oxygens (including phenoxy) is 1. The molecule has 0 bridgehead atoms. The summed E-state index contributed by atoms with van der Waals surface area (Å²) in [5, 5.41) is 10.1. The number of benzene rings is 1. The van der Waals surface area contributed by atoms with Crippen molar-refractivity contribution in [3.05, 3.63) is 33.9 Å². The number of fused-ring (bicyclic) bond motifs is 1. The van der Waals surface area contributed by atoms with Gasteiger partial charge < -0.3 is 9.84 Å². The van der Waals surface area contributed by atoms with Gasteiger partial charge in [0.2, 0.25) is 0 Å². The van der Waals surface area contributed by atoms with Crippen LogP contribution in [0.1, 0.15) is 25.1 Å². The second-order valence-corrected chi connectivity index (χ2v) is 6.12. The highest BCUT2D eigenvalue weighted by molar-refractivity contribution is 9.10. The van der Waals surface area contributed by atoms with Crippen LogP contribution in [0.2, 0.25) is 0 Å². The van der Waals surface area contributed by atoms with E-state index in [2.05, 4.69) is 20.9 Å². The Morgan fingerprint density at radius 2 is 2.00 bits per heavy atom. The monoisotopic (exact) mass is 337 g/mol. The SMILES string of the molecule is Cc1cc(C)c2c(Br)ccc(OC(C)(C)C(=O)O)c2n1. The van der Waals surface area contributed by atoms with Crippen molar-refractivity contribution in [1.82, 2.24) is 4.98 Å². The first-order chi connectivity index (χ1) is 9.22. The van der Waals surface area contributed by atoms with Gasteiger partial charge in [-0.1, -0.05) is 15.9 Å². The number of hydrogen-bond acceptors (Lipinski definition) is 3. The molecule has 106 valence electrons. The molecule has 0 fully saturated rings. The number of aliphatic carboxylic acids is 1. The molecule has 4 nitrogen and oxygen atoms in total. The molecule has 0 aliphatic heterocycles. The van der Waals surface area contributed by atoms with Gasteiger partial charge in [-0.05, 0) is 51.5 Å². The lowest BCUT2D eigenvalue weighted by atomic mass is 10.1. The zero-order valence-corrected chi connectivity index (χ0v) is 13.4. The summed E-state index contributed by atoms with van der Waals surface area (Å²) in [5.74, 6) is -0.541. The molecular formula is C15H16BrNO3. The summed E-state index contributed by atoms with van der Waals surface area (Å²) < 4.78 is 6.57. The maximum absolute atomic E-state index is 11.2. The molecule has 0 atom stereocenters. The Morgan fingerprint density at radius 3 is 2.60 bits per heavy atom. The van der Waals surface area contributed by atoms with Gasteiger partial charge in [-0.3, -0.25) is 0 Å². The average molecular weight is 338 g/mol. The normalized spacial score (nSPS) is 11.7. The second kappa shape index (κ2) is 5.05. The number of halogens is 1. The molecule has 0 radical (unpaired) electrons. The summed E-state index contributed by atoms with van der Waals surface area (Å²) in [7, 11) is 0. The summed E-state index contributed by atoms with van der Waals surface area (Å²) >= 11 is 3.50. The quantitative estimate of drug-likeness (QED) is 0.923. The van der Waals surface area contributed by atoms with E-state index < -0.39 is 11.6 Å². The molecule has 0 saturated carbocycles. The molecule has 1 aromatic heterocycles. The third-order valence-corrected chi connectivity index (χ3v) is 3.74. The minimum absolute atomic E-state index is 0.474. The first kappa shape index (κ1) is 14.8. The van der Waals surface area contributed by atoms with Crippen molar-refractivity contribution >= 4 is 32.8 Å². The molecule has 0 unspecified atom stereocenters. The zero-order valence-electron chi connectivity index (χ0n) is 11.8. The Bertz CT molecular complexity index is 695. The van der Waals surface area contributed by atoms with Crippen molar-refractivity contribution in [3.63, 3.8) is 0 Å². The van der Waals surface area contributed by atoms with E-state index in [1.165, 1.54) is 13.8 Å². The van der Waals surface area contributed by atoms with Crippen molar-refractivity contribution in [3.8, 4) is 5.75 Å². The van der Waals surface area contributed by atoms with Crippen molar-refractivity contribution in [1.29, 1.82) is 0 Å². The van der Waals surface area contributed by atoms with E-state index in [0.717, 1.165) is 21.1 Å². The minimum atomic E-state index is -1.31. The summed E-state index contributed by atoms with van der Waals surface area (Å²) in [5.41, 5.74) is 1.30. The van der Waals surface area contributed by atoms with E-state index in [4.69, 9.17) is 4.74 Å². The highest BCUT2D eigenvalue weighted by Crippen LogP contribution is 2.34. The molecule has 2 rings (SSSR count). The summed E-state index contributed by atoms with van der Waals surface area (Å²) in [6.45, 7) is 6.94. The number of aryl methyl sites for hydroxylation is 2. The van der Waals surface area contributed by atoms with Gasteiger partial charge in [-0.2, -0.15) is 0 Å². The Balaban J connectivity index is 2.67. The Labute approximate surface area is 125 Å². The molecule has 0 saturated heterocycles. The first-order valence-corrected chi connectivity index (χ1v) is 7.00. The molecule has 20 heavy (non-hydrogen) atoms. The fraction of sp³-hybridized carbons (Fsp3) is 0.333. The van der Waals surface area contributed by atoms with Crippen molar-refractivity contribution in [2.24, 2.45) is 0 Å². The molecule has 2 aromatic rings. The van der Waals surface area contributed by atoms with Gasteiger partial charge in [0, 0.05) is 15.6 Å². The fourth-order valence-corrected chi connectivity index (χ4v) is 2.66. The number of aromatic nitrogens is 1. The summed E-state index contributed by atoms with van der Waals surface area (Å²) in [4.78, 5) is 15.7. The van der Waals surface area contributed by atoms with Crippen molar-refractivity contribution < 1.29 is 14.6 Å². The van der Waals surface area contributed by atoms with E-state index >= 15 is 0 Å². The largest absolute Gasteiger partial charge is 0.478 e. The molecular weight excluding hydrogens is 322 g/mol. The van der Waals surface area contributed by atoms with Crippen LogP contribution in [0.15, 0.2) is 22.7 Å². The van der Waals surface area contributed by atoms with E-state index in [0.29, 0.717) is 11.3 Å². The van der Waals surface area contributed by atoms with Gasteiger partial charge in [-0.25, -0.2) is 9.78 Å². The van der Waals surface area contributed by atoms with E-state index in [9.17, 15) is 9.90 Å². The standard InChI is InChI=1S/C15H16BrNO3/c1-8-7-9(2)17-13-11(6-5-10(16)12(8)13)20-15(3,4)14(18)19/h5-7H,1-4H3,(H,18,19). The number of rotatable bonds is 3. The highest BCUT2D eigenvalue weighted by Gasteiger charge is 2.30. The number of nitrogens with zero attached hydrogens (tertiary/aromatic N) is 1. The molecule has 1 aromatic carbocycles. The van der Waals surface area contributed by atoms with Gasteiger partial charge in [-0.15, -0.1) is 0 Å². The second-order valence-electron chi connectivity index (χ2n) is 5.27.